The molecule has 0 bridgehead atoms. The highest BCUT2D eigenvalue weighted by Crippen LogP contribution is 2.29. The summed E-state index contributed by atoms with van der Waals surface area (Å²) in [6.45, 7) is 5.29. The number of nitrogens with one attached hydrogen (secondary N) is 2. The van der Waals surface area contributed by atoms with Crippen LogP contribution in [0.3, 0.4) is 0 Å². The van der Waals surface area contributed by atoms with E-state index < -0.39 is 11.7 Å². The summed E-state index contributed by atoms with van der Waals surface area (Å²) in [5, 5.41) is 6.58. The molecular weight excluding hydrogens is 540 g/mol. The quantitative estimate of drug-likeness (QED) is 0.215. The molecule has 0 unspecified atom stereocenters. The molecule has 0 spiro atoms. The van der Waals surface area contributed by atoms with Crippen LogP contribution in [0.1, 0.15) is 25.3 Å². The number of aliphatic imine (C=N–C) groups is 1. The average molecular weight is 572 g/mol. The van der Waals surface area contributed by atoms with Gasteiger partial charge in [-0.05, 0) is 25.8 Å². The van der Waals surface area contributed by atoms with E-state index in [0.29, 0.717) is 25.6 Å². The molecule has 1 fully saturated rings. The van der Waals surface area contributed by atoms with E-state index in [4.69, 9.17) is 4.74 Å². The minimum Gasteiger partial charge on any atom is -0.476 e. The lowest BCUT2D eigenvalue weighted by Crippen LogP contribution is -2.50. The molecule has 1 aromatic heterocycles. The Bertz CT molecular complexity index is 723. The SMILES string of the molecule is CCNC(=NCCOc1ccc(C(F)(F)F)cn1)NC1CCN(CC(=O)N(C)C)CC1.I. The van der Waals surface area contributed by atoms with E-state index in [0.717, 1.165) is 38.2 Å². The van der Waals surface area contributed by atoms with Crippen LogP contribution < -0.4 is 15.4 Å². The molecule has 1 aliphatic rings. The average Bonchev–Trinajstić information content (AvgIpc) is 2.72. The van der Waals surface area contributed by atoms with E-state index >= 15 is 0 Å². The zero-order valence-corrected chi connectivity index (χ0v) is 20.9. The number of ether oxygens (including phenoxy) is 1. The van der Waals surface area contributed by atoms with Crippen LogP contribution in [-0.4, -0.2) is 86.1 Å². The number of carbonyl (C=O) groups is 1. The van der Waals surface area contributed by atoms with Gasteiger partial charge in [-0.15, -0.1) is 24.0 Å². The van der Waals surface area contributed by atoms with Crippen molar-refractivity contribution in [2.24, 2.45) is 4.99 Å². The van der Waals surface area contributed by atoms with Gasteiger partial charge in [0.15, 0.2) is 5.96 Å². The maximum atomic E-state index is 12.6. The lowest BCUT2D eigenvalue weighted by atomic mass is 10.1. The molecule has 1 saturated heterocycles. The van der Waals surface area contributed by atoms with Crippen molar-refractivity contribution in [2.75, 3.05) is 53.4 Å². The molecule has 0 radical (unpaired) electrons. The number of halogens is 4. The predicted molar refractivity (Wildman–Crippen MR) is 127 cm³/mol. The Kier molecular flexibility index (Phi) is 12.0. The summed E-state index contributed by atoms with van der Waals surface area (Å²) in [4.78, 5) is 23.7. The van der Waals surface area contributed by atoms with Crippen molar-refractivity contribution in [1.29, 1.82) is 0 Å². The van der Waals surface area contributed by atoms with Gasteiger partial charge in [-0.25, -0.2) is 9.98 Å². The second-order valence-electron chi connectivity index (χ2n) is 7.47. The van der Waals surface area contributed by atoms with Crippen LogP contribution in [-0.2, 0) is 11.0 Å². The number of likely N-dealkylation sites (tertiary alicyclic amines) is 1. The largest absolute Gasteiger partial charge is 0.476 e. The van der Waals surface area contributed by atoms with Crippen LogP contribution >= 0.6 is 24.0 Å². The molecule has 182 valence electrons. The van der Waals surface area contributed by atoms with E-state index in [1.54, 1.807) is 19.0 Å². The zero-order valence-electron chi connectivity index (χ0n) is 18.6. The minimum absolute atomic E-state index is 0. The summed E-state index contributed by atoms with van der Waals surface area (Å²) >= 11 is 0. The van der Waals surface area contributed by atoms with E-state index in [1.165, 1.54) is 6.07 Å². The summed E-state index contributed by atoms with van der Waals surface area (Å²) in [7, 11) is 3.51. The van der Waals surface area contributed by atoms with Crippen molar-refractivity contribution in [3.63, 3.8) is 0 Å². The van der Waals surface area contributed by atoms with E-state index in [2.05, 4.69) is 25.5 Å². The molecule has 2 N–H and O–H groups in total. The Morgan fingerprint density at radius 2 is 2.00 bits per heavy atom. The van der Waals surface area contributed by atoms with Crippen LogP contribution in [0.4, 0.5) is 13.2 Å². The topological polar surface area (TPSA) is 82.1 Å². The number of carbonyl (C=O) groups excluding carboxylic acids is 1. The third kappa shape index (κ3) is 9.76. The second kappa shape index (κ2) is 13.7. The van der Waals surface area contributed by atoms with E-state index in [1.807, 2.05) is 6.92 Å². The number of nitrogens with zero attached hydrogens (tertiary/aromatic N) is 4. The summed E-state index contributed by atoms with van der Waals surface area (Å²) in [6, 6.07) is 2.39. The number of amides is 1. The smallest absolute Gasteiger partial charge is 0.417 e. The van der Waals surface area contributed by atoms with Gasteiger partial charge in [-0.2, -0.15) is 13.2 Å². The number of hydrogen-bond acceptors (Lipinski definition) is 5. The standard InChI is InChI=1S/C20H31F3N6O2.HI/c1-4-24-19(27-16-7-10-29(11-8-16)14-18(30)28(2)3)25-9-12-31-17-6-5-15(13-26-17)20(21,22)23;/h5-6,13,16H,4,7-12,14H2,1-3H3,(H2,24,25,27);1H. The van der Waals surface area contributed by atoms with Gasteiger partial charge in [0, 0.05) is 52.0 Å². The van der Waals surface area contributed by atoms with Crippen LogP contribution in [0.2, 0.25) is 0 Å². The van der Waals surface area contributed by atoms with Crippen LogP contribution in [0.15, 0.2) is 23.3 Å². The first-order chi connectivity index (χ1) is 14.7. The maximum absolute atomic E-state index is 12.6. The van der Waals surface area contributed by atoms with Gasteiger partial charge in [0.2, 0.25) is 11.8 Å². The first-order valence-corrected chi connectivity index (χ1v) is 10.3. The fraction of sp³-hybridized carbons (Fsp3) is 0.650. The lowest BCUT2D eigenvalue weighted by molar-refractivity contribution is -0.137. The van der Waals surface area contributed by atoms with Crippen molar-refractivity contribution in [2.45, 2.75) is 32.0 Å². The number of guanidine groups is 1. The molecule has 0 saturated carbocycles. The first-order valence-electron chi connectivity index (χ1n) is 10.3. The Labute approximate surface area is 204 Å². The predicted octanol–water partition coefficient (Wildman–Crippen LogP) is 2.20. The number of likely N-dealkylation sites (N-methyl/N-ethyl adjacent to an activating group) is 1. The number of piperidine rings is 1. The van der Waals surface area contributed by atoms with E-state index in [9.17, 15) is 18.0 Å². The molecule has 1 amide bonds. The molecule has 1 aromatic rings. The minimum atomic E-state index is -4.42. The maximum Gasteiger partial charge on any atom is 0.417 e. The normalized spacial score (nSPS) is 15.6. The summed E-state index contributed by atoms with van der Waals surface area (Å²) in [5.74, 6) is 0.888. The molecule has 2 rings (SSSR count). The molecule has 0 atom stereocenters. The Balaban J connectivity index is 0.00000512. The number of aromatic nitrogens is 1. The van der Waals surface area contributed by atoms with Gasteiger partial charge in [-0.3, -0.25) is 9.69 Å². The summed E-state index contributed by atoms with van der Waals surface area (Å²) in [6.07, 6.45) is -1.86. The third-order valence-corrected chi connectivity index (χ3v) is 4.81. The van der Waals surface area contributed by atoms with Gasteiger partial charge in [0.1, 0.15) is 6.61 Å². The van der Waals surface area contributed by atoms with Gasteiger partial charge < -0.3 is 20.3 Å². The number of hydrogen-bond donors (Lipinski definition) is 2. The molecule has 12 heteroatoms. The Morgan fingerprint density at radius 1 is 1.31 bits per heavy atom. The molecule has 1 aliphatic heterocycles. The molecule has 0 aliphatic carbocycles. The number of pyridine rings is 1. The summed E-state index contributed by atoms with van der Waals surface area (Å²) < 4.78 is 43.0. The highest BCUT2D eigenvalue weighted by molar-refractivity contribution is 14.0. The third-order valence-electron chi connectivity index (χ3n) is 4.81. The highest BCUT2D eigenvalue weighted by Gasteiger charge is 2.30. The fourth-order valence-electron chi connectivity index (χ4n) is 3.02. The van der Waals surface area contributed by atoms with Crippen molar-refractivity contribution in [3.05, 3.63) is 23.9 Å². The highest BCUT2D eigenvalue weighted by atomic mass is 127. The molecule has 2 heterocycles. The fourth-order valence-corrected chi connectivity index (χ4v) is 3.02. The zero-order chi connectivity index (χ0) is 22.9. The van der Waals surface area contributed by atoms with Gasteiger partial charge in [-0.1, -0.05) is 0 Å². The van der Waals surface area contributed by atoms with Crippen LogP contribution in [0, 0.1) is 0 Å². The number of rotatable bonds is 8. The first kappa shape index (κ1) is 28.2. The van der Waals surface area contributed by atoms with E-state index in [-0.39, 0.29) is 48.4 Å². The van der Waals surface area contributed by atoms with Crippen molar-refractivity contribution < 1.29 is 22.7 Å². The van der Waals surface area contributed by atoms with Crippen molar-refractivity contribution >= 4 is 35.8 Å². The molecule has 32 heavy (non-hydrogen) atoms. The molecule has 0 aromatic carbocycles. The monoisotopic (exact) mass is 572 g/mol. The van der Waals surface area contributed by atoms with Gasteiger partial charge in [0.05, 0.1) is 18.7 Å². The van der Waals surface area contributed by atoms with Crippen LogP contribution in [0.5, 0.6) is 5.88 Å². The second-order valence-corrected chi connectivity index (χ2v) is 7.47. The summed E-state index contributed by atoms with van der Waals surface area (Å²) in [5.41, 5.74) is -0.811. The van der Waals surface area contributed by atoms with Crippen LogP contribution in [0.25, 0.3) is 0 Å². The van der Waals surface area contributed by atoms with Gasteiger partial charge in [0.25, 0.3) is 0 Å². The number of alkyl halides is 3. The van der Waals surface area contributed by atoms with Crippen molar-refractivity contribution in [1.82, 2.24) is 25.4 Å². The van der Waals surface area contributed by atoms with Gasteiger partial charge >= 0.3 is 6.18 Å². The van der Waals surface area contributed by atoms with Crippen molar-refractivity contribution in [3.8, 4) is 5.88 Å². The molecule has 8 nitrogen and oxygen atoms in total. The molecular formula is C20H32F3IN6O2. The Hall–Kier alpha value is -1.83. The Morgan fingerprint density at radius 3 is 2.53 bits per heavy atom. The lowest BCUT2D eigenvalue weighted by Gasteiger charge is -2.33.